The fourth-order valence-electron chi connectivity index (χ4n) is 2.65. The standard InChI is InChI=1S/C22H26O3/c1-5-14-24-16-19-12-13-20(23-4)22(21(19)17(3)6-2)25-15-18-10-8-7-9-11-18/h5-13,17H,1-2,14-16H2,3-4H3. The Hall–Kier alpha value is -2.52. The van der Waals surface area contributed by atoms with Crippen molar-refractivity contribution in [3.63, 3.8) is 0 Å². The zero-order valence-electron chi connectivity index (χ0n) is 15.0. The van der Waals surface area contributed by atoms with Crippen molar-refractivity contribution in [3.8, 4) is 11.5 Å². The highest BCUT2D eigenvalue weighted by Crippen LogP contribution is 2.39. The molecule has 2 rings (SSSR count). The molecule has 2 aromatic carbocycles. The van der Waals surface area contributed by atoms with Crippen molar-refractivity contribution in [3.05, 3.63) is 84.5 Å². The van der Waals surface area contributed by atoms with Crippen molar-refractivity contribution in [2.24, 2.45) is 0 Å². The lowest BCUT2D eigenvalue weighted by atomic mass is 9.94. The zero-order valence-corrected chi connectivity index (χ0v) is 15.0. The van der Waals surface area contributed by atoms with E-state index in [1.165, 1.54) is 0 Å². The summed E-state index contributed by atoms with van der Waals surface area (Å²) in [6.45, 7) is 11.2. The minimum atomic E-state index is 0.114. The number of methoxy groups -OCH3 is 1. The van der Waals surface area contributed by atoms with Crippen LogP contribution in [0.25, 0.3) is 0 Å². The summed E-state index contributed by atoms with van der Waals surface area (Å²) in [7, 11) is 1.65. The molecule has 25 heavy (non-hydrogen) atoms. The van der Waals surface area contributed by atoms with Crippen LogP contribution in [0.5, 0.6) is 11.5 Å². The number of benzene rings is 2. The van der Waals surface area contributed by atoms with Crippen LogP contribution >= 0.6 is 0 Å². The molecule has 0 bridgehead atoms. The van der Waals surface area contributed by atoms with Gasteiger partial charge in [0.15, 0.2) is 11.5 Å². The van der Waals surface area contributed by atoms with Gasteiger partial charge in [-0.2, -0.15) is 0 Å². The van der Waals surface area contributed by atoms with Crippen molar-refractivity contribution in [1.29, 1.82) is 0 Å². The molecular formula is C22H26O3. The molecule has 0 saturated heterocycles. The summed E-state index contributed by atoms with van der Waals surface area (Å²) in [5.41, 5.74) is 3.22. The third-order valence-electron chi connectivity index (χ3n) is 4.00. The molecule has 132 valence electrons. The Bertz CT molecular complexity index is 692. The van der Waals surface area contributed by atoms with E-state index in [9.17, 15) is 0 Å². The van der Waals surface area contributed by atoms with E-state index in [-0.39, 0.29) is 5.92 Å². The fourth-order valence-corrected chi connectivity index (χ4v) is 2.65. The Morgan fingerprint density at radius 2 is 1.80 bits per heavy atom. The zero-order chi connectivity index (χ0) is 18.1. The number of hydrogen-bond donors (Lipinski definition) is 0. The minimum Gasteiger partial charge on any atom is -0.493 e. The molecule has 3 nitrogen and oxygen atoms in total. The van der Waals surface area contributed by atoms with Gasteiger partial charge in [-0.15, -0.1) is 13.2 Å². The molecule has 1 unspecified atom stereocenters. The first-order valence-electron chi connectivity index (χ1n) is 8.39. The van der Waals surface area contributed by atoms with Crippen LogP contribution in [-0.2, 0) is 18.0 Å². The first-order chi connectivity index (χ1) is 12.2. The molecule has 0 aliphatic heterocycles. The molecule has 3 heteroatoms. The maximum atomic E-state index is 6.17. The van der Waals surface area contributed by atoms with Gasteiger partial charge >= 0.3 is 0 Å². The average Bonchev–Trinajstić information content (AvgIpc) is 2.66. The molecule has 0 fully saturated rings. The van der Waals surface area contributed by atoms with Crippen LogP contribution in [0.15, 0.2) is 67.8 Å². The smallest absolute Gasteiger partial charge is 0.165 e. The van der Waals surface area contributed by atoms with Crippen molar-refractivity contribution in [1.82, 2.24) is 0 Å². The molecule has 2 aromatic rings. The molecule has 0 heterocycles. The van der Waals surface area contributed by atoms with Crippen LogP contribution < -0.4 is 9.47 Å². The maximum absolute atomic E-state index is 6.17. The van der Waals surface area contributed by atoms with E-state index in [2.05, 4.69) is 20.1 Å². The second-order valence-corrected chi connectivity index (χ2v) is 5.77. The van der Waals surface area contributed by atoms with Crippen LogP contribution in [0.2, 0.25) is 0 Å². The highest BCUT2D eigenvalue weighted by atomic mass is 16.5. The van der Waals surface area contributed by atoms with E-state index < -0.39 is 0 Å². The minimum absolute atomic E-state index is 0.114. The SMILES string of the molecule is C=CCOCc1ccc(OC)c(OCc2ccccc2)c1C(C)C=C. The number of allylic oxidation sites excluding steroid dienone is 1. The second kappa shape index (κ2) is 9.70. The predicted octanol–water partition coefficient (Wildman–Crippen LogP) is 5.27. The van der Waals surface area contributed by atoms with Gasteiger partial charge < -0.3 is 14.2 Å². The van der Waals surface area contributed by atoms with Crippen molar-refractivity contribution >= 4 is 0 Å². The molecule has 0 N–H and O–H groups in total. The van der Waals surface area contributed by atoms with Gasteiger partial charge in [0.2, 0.25) is 0 Å². The van der Waals surface area contributed by atoms with Gasteiger partial charge in [-0.3, -0.25) is 0 Å². The number of rotatable bonds is 10. The van der Waals surface area contributed by atoms with Gasteiger partial charge in [0, 0.05) is 11.5 Å². The lowest BCUT2D eigenvalue weighted by molar-refractivity contribution is 0.147. The van der Waals surface area contributed by atoms with Gasteiger partial charge in [-0.25, -0.2) is 0 Å². The van der Waals surface area contributed by atoms with E-state index in [1.54, 1.807) is 13.2 Å². The largest absolute Gasteiger partial charge is 0.493 e. The second-order valence-electron chi connectivity index (χ2n) is 5.77. The van der Waals surface area contributed by atoms with Crippen molar-refractivity contribution < 1.29 is 14.2 Å². The summed E-state index contributed by atoms with van der Waals surface area (Å²) < 4.78 is 17.3. The Balaban J connectivity index is 2.36. The quantitative estimate of drug-likeness (QED) is 0.436. The lowest BCUT2D eigenvalue weighted by Gasteiger charge is -2.21. The lowest BCUT2D eigenvalue weighted by Crippen LogP contribution is -2.07. The van der Waals surface area contributed by atoms with E-state index in [0.717, 1.165) is 22.4 Å². The third kappa shape index (κ3) is 4.97. The van der Waals surface area contributed by atoms with Gasteiger partial charge in [0.1, 0.15) is 6.61 Å². The molecule has 0 aliphatic rings. The molecule has 0 spiro atoms. The van der Waals surface area contributed by atoms with Crippen LogP contribution in [0.3, 0.4) is 0 Å². The number of ether oxygens (including phenoxy) is 3. The Morgan fingerprint density at radius 1 is 1.04 bits per heavy atom. The summed E-state index contributed by atoms with van der Waals surface area (Å²) in [6, 6.07) is 14.0. The van der Waals surface area contributed by atoms with Gasteiger partial charge in [-0.1, -0.05) is 55.5 Å². The Kier molecular flexibility index (Phi) is 7.30. The van der Waals surface area contributed by atoms with Crippen LogP contribution in [0, 0.1) is 0 Å². The van der Waals surface area contributed by atoms with Gasteiger partial charge in [-0.05, 0) is 17.2 Å². The predicted molar refractivity (Wildman–Crippen MR) is 102 cm³/mol. The highest BCUT2D eigenvalue weighted by molar-refractivity contribution is 5.53. The van der Waals surface area contributed by atoms with E-state index in [4.69, 9.17) is 14.2 Å². The first kappa shape index (κ1) is 18.8. The summed E-state index contributed by atoms with van der Waals surface area (Å²) in [6.07, 6.45) is 3.65. The third-order valence-corrected chi connectivity index (χ3v) is 4.00. The van der Waals surface area contributed by atoms with E-state index >= 15 is 0 Å². The molecule has 0 saturated carbocycles. The maximum Gasteiger partial charge on any atom is 0.165 e. The topological polar surface area (TPSA) is 27.7 Å². The molecule has 0 aliphatic carbocycles. The summed E-state index contributed by atoms with van der Waals surface area (Å²) in [5, 5.41) is 0. The first-order valence-corrected chi connectivity index (χ1v) is 8.39. The number of hydrogen-bond acceptors (Lipinski definition) is 3. The molecule has 1 atom stereocenters. The molecule has 0 amide bonds. The van der Waals surface area contributed by atoms with Gasteiger partial charge in [0.25, 0.3) is 0 Å². The van der Waals surface area contributed by atoms with Crippen LogP contribution in [0.1, 0.15) is 29.5 Å². The summed E-state index contributed by atoms with van der Waals surface area (Å²) >= 11 is 0. The Labute approximate surface area is 150 Å². The van der Waals surface area contributed by atoms with Gasteiger partial charge in [0.05, 0.1) is 20.3 Å². The van der Waals surface area contributed by atoms with Crippen molar-refractivity contribution in [2.75, 3.05) is 13.7 Å². The summed E-state index contributed by atoms with van der Waals surface area (Å²) in [4.78, 5) is 0. The Morgan fingerprint density at radius 3 is 2.44 bits per heavy atom. The van der Waals surface area contributed by atoms with Crippen LogP contribution in [0.4, 0.5) is 0 Å². The van der Waals surface area contributed by atoms with Crippen LogP contribution in [-0.4, -0.2) is 13.7 Å². The van der Waals surface area contributed by atoms with E-state index in [1.807, 2.05) is 48.5 Å². The summed E-state index contributed by atoms with van der Waals surface area (Å²) in [5.74, 6) is 1.58. The molecule has 0 aromatic heterocycles. The molecular weight excluding hydrogens is 312 g/mol. The highest BCUT2D eigenvalue weighted by Gasteiger charge is 2.19. The fraction of sp³-hybridized carbons (Fsp3) is 0.273. The normalized spacial score (nSPS) is 11.6. The monoisotopic (exact) mass is 338 g/mol. The van der Waals surface area contributed by atoms with E-state index in [0.29, 0.717) is 25.6 Å². The van der Waals surface area contributed by atoms with Crippen molar-refractivity contribution in [2.45, 2.75) is 26.1 Å². The molecule has 0 radical (unpaired) electrons. The average molecular weight is 338 g/mol.